The van der Waals surface area contributed by atoms with Crippen LogP contribution < -0.4 is 5.32 Å². The third kappa shape index (κ3) is 3.78. The van der Waals surface area contributed by atoms with Gasteiger partial charge >= 0.3 is 0 Å². The van der Waals surface area contributed by atoms with Gasteiger partial charge in [0.2, 0.25) is 0 Å². The van der Waals surface area contributed by atoms with Crippen molar-refractivity contribution in [3.05, 3.63) is 23.2 Å². The van der Waals surface area contributed by atoms with Crippen LogP contribution in [0, 0.1) is 19.8 Å². The number of hydrogen-bond donors (Lipinski definition) is 1. The second-order valence-electron chi connectivity index (χ2n) is 5.75. The molecular formula is C15H24N2OS. The zero-order chi connectivity index (χ0) is 14.0. The van der Waals surface area contributed by atoms with Crippen LogP contribution in [0.4, 0.5) is 0 Å². The van der Waals surface area contributed by atoms with Gasteiger partial charge in [0.05, 0.1) is 12.6 Å². The van der Waals surface area contributed by atoms with Crippen molar-refractivity contribution in [3.8, 4) is 0 Å². The average Bonchev–Trinajstić information content (AvgIpc) is 2.84. The molecule has 0 fully saturated rings. The van der Waals surface area contributed by atoms with Gasteiger partial charge in [0.25, 0.3) is 0 Å². The van der Waals surface area contributed by atoms with Gasteiger partial charge in [0.1, 0.15) is 11.5 Å². The number of amidine groups is 1. The molecule has 1 aliphatic rings. The first kappa shape index (κ1) is 14.5. The highest BCUT2D eigenvalue weighted by molar-refractivity contribution is 8.14. The molecule has 3 nitrogen and oxygen atoms in total. The van der Waals surface area contributed by atoms with Crippen molar-refractivity contribution >= 4 is 16.9 Å². The molecule has 0 aliphatic carbocycles. The summed E-state index contributed by atoms with van der Waals surface area (Å²) in [4.78, 5) is 4.61. The molecule has 1 aromatic rings. The summed E-state index contributed by atoms with van der Waals surface area (Å²) >= 11 is 1.88. The monoisotopic (exact) mass is 280 g/mol. The van der Waals surface area contributed by atoms with Crippen molar-refractivity contribution in [2.24, 2.45) is 10.9 Å². The number of furan rings is 1. The van der Waals surface area contributed by atoms with E-state index in [0.717, 1.165) is 29.2 Å². The SMILES string of the molecule is Cc1cc(C(C)NC2=NCC(CC(C)C)S2)c(C)o1. The van der Waals surface area contributed by atoms with Gasteiger partial charge in [0, 0.05) is 10.8 Å². The highest BCUT2D eigenvalue weighted by Gasteiger charge is 2.22. The maximum Gasteiger partial charge on any atom is 0.157 e. The Labute approximate surface area is 120 Å². The van der Waals surface area contributed by atoms with Crippen LogP contribution in [0.25, 0.3) is 0 Å². The topological polar surface area (TPSA) is 37.5 Å². The Balaban J connectivity index is 1.90. The van der Waals surface area contributed by atoms with Gasteiger partial charge in [-0.25, -0.2) is 0 Å². The Morgan fingerprint density at radius 3 is 2.74 bits per heavy atom. The fourth-order valence-corrected chi connectivity index (χ4v) is 3.83. The minimum Gasteiger partial charge on any atom is -0.466 e. The number of thioether (sulfide) groups is 1. The standard InChI is InChI=1S/C15H24N2OS/c1-9(2)6-13-8-16-15(19-13)17-11(4)14-7-10(3)18-12(14)5/h7,9,11,13H,6,8H2,1-5H3,(H,16,17). The Bertz CT molecular complexity index is 465. The lowest BCUT2D eigenvalue weighted by Crippen LogP contribution is -2.23. The van der Waals surface area contributed by atoms with E-state index in [4.69, 9.17) is 4.42 Å². The highest BCUT2D eigenvalue weighted by Crippen LogP contribution is 2.28. The van der Waals surface area contributed by atoms with Gasteiger partial charge in [-0.1, -0.05) is 25.6 Å². The normalized spacial score (nSPS) is 20.7. The van der Waals surface area contributed by atoms with Crippen LogP contribution in [0.3, 0.4) is 0 Å². The Morgan fingerprint density at radius 1 is 1.42 bits per heavy atom. The molecule has 1 aliphatic heterocycles. The van der Waals surface area contributed by atoms with Gasteiger partial charge in [-0.15, -0.1) is 0 Å². The third-order valence-electron chi connectivity index (χ3n) is 3.34. The van der Waals surface area contributed by atoms with Crippen molar-refractivity contribution in [2.75, 3.05) is 6.54 Å². The number of aliphatic imine (C=N–C) groups is 1. The molecule has 2 heterocycles. The van der Waals surface area contributed by atoms with E-state index in [9.17, 15) is 0 Å². The number of nitrogens with zero attached hydrogens (tertiary/aromatic N) is 1. The molecule has 2 unspecified atom stereocenters. The number of nitrogens with one attached hydrogen (secondary N) is 1. The van der Waals surface area contributed by atoms with Crippen LogP contribution in [0.5, 0.6) is 0 Å². The first-order chi connectivity index (χ1) is 8.95. The van der Waals surface area contributed by atoms with Crippen molar-refractivity contribution in [1.82, 2.24) is 5.32 Å². The van der Waals surface area contributed by atoms with Crippen LogP contribution >= 0.6 is 11.8 Å². The third-order valence-corrected chi connectivity index (χ3v) is 4.48. The van der Waals surface area contributed by atoms with E-state index in [0.29, 0.717) is 5.25 Å². The molecule has 4 heteroatoms. The summed E-state index contributed by atoms with van der Waals surface area (Å²) in [6, 6.07) is 2.36. The molecule has 2 rings (SSSR count). The summed E-state index contributed by atoms with van der Waals surface area (Å²) in [6.07, 6.45) is 1.23. The minimum absolute atomic E-state index is 0.251. The lowest BCUT2D eigenvalue weighted by Gasteiger charge is -2.15. The second kappa shape index (κ2) is 6.04. The zero-order valence-corrected chi connectivity index (χ0v) is 13.3. The molecule has 0 spiro atoms. The van der Waals surface area contributed by atoms with Gasteiger partial charge in [0.15, 0.2) is 5.17 Å². The molecule has 0 radical (unpaired) electrons. The van der Waals surface area contributed by atoms with Crippen LogP contribution in [0.15, 0.2) is 15.5 Å². The van der Waals surface area contributed by atoms with E-state index in [1.807, 2.05) is 25.6 Å². The number of aryl methyl sites for hydroxylation is 2. The Hall–Kier alpha value is -0.900. The van der Waals surface area contributed by atoms with Crippen molar-refractivity contribution < 1.29 is 4.42 Å². The maximum atomic E-state index is 5.59. The number of rotatable bonds is 4. The zero-order valence-electron chi connectivity index (χ0n) is 12.5. The Kier molecular flexibility index (Phi) is 4.61. The molecule has 0 saturated heterocycles. The van der Waals surface area contributed by atoms with Gasteiger partial charge < -0.3 is 9.73 Å². The fourth-order valence-electron chi connectivity index (χ4n) is 2.49. The molecule has 0 saturated carbocycles. The van der Waals surface area contributed by atoms with Crippen LogP contribution in [0.1, 0.15) is 50.3 Å². The van der Waals surface area contributed by atoms with E-state index in [1.54, 1.807) is 0 Å². The predicted octanol–water partition coefficient (Wildman–Crippen LogP) is 4.06. The lowest BCUT2D eigenvalue weighted by molar-refractivity contribution is 0.497. The first-order valence-corrected chi connectivity index (χ1v) is 7.88. The lowest BCUT2D eigenvalue weighted by atomic mass is 10.1. The van der Waals surface area contributed by atoms with E-state index < -0.39 is 0 Å². The van der Waals surface area contributed by atoms with Crippen molar-refractivity contribution in [3.63, 3.8) is 0 Å². The average molecular weight is 280 g/mol. The molecular weight excluding hydrogens is 256 g/mol. The van der Waals surface area contributed by atoms with E-state index in [2.05, 4.69) is 37.1 Å². The summed E-state index contributed by atoms with van der Waals surface area (Å²) in [5.74, 6) is 2.71. The van der Waals surface area contributed by atoms with E-state index in [1.165, 1.54) is 12.0 Å². The molecule has 0 aromatic carbocycles. The van der Waals surface area contributed by atoms with Gasteiger partial charge in [-0.2, -0.15) is 0 Å². The Morgan fingerprint density at radius 2 is 2.16 bits per heavy atom. The molecule has 0 bridgehead atoms. The van der Waals surface area contributed by atoms with Crippen LogP contribution in [-0.2, 0) is 0 Å². The summed E-state index contributed by atoms with van der Waals surface area (Å²) in [5.41, 5.74) is 1.23. The molecule has 2 atom stereocenters. The first-order valence-electron chi connectivity index (χ1n) is 7.00. The van der Waals surface area contributed by atoms with Gasteiger partial charge in [-0.3, -0.25) is 4.99 Å². The van der Waals surface area contributed by atoms with Crippen LogP contribution in [-0.4, -0.2) is 17.0 Å². The molecule has 19 heavy (non-hydrogen) atoms. The van der Waals surface area contributed by atoms with Crippen LogP contribution in [0.2, 0.25) is 0 Å². The minimum atomic E-state index is 0.251. The second-order valence-corrected chi connectivity index (χ2v) is 7.04. The predicted molar refractivity (Wildman–Crippen MR) is 82.9 cm³/mol. The van der Waals surface area contributed by atoms with E-state index >= 15 is 0 Å². The summed E-state index contributed by atoms with van der Waals surface area (Å²) in [7, 11) is 0. The quantitative estimate of drug-likeness (QED) is 0.903. The van der Waals surface area contributed by atoms with E-state index in [-0.39, 0.29) is 6.04 Å². The maximum absolute atomic E-state index is 5.59. The smallest absolute Gasteiger partial charge is 0.157 e. The molecule has 106 valence electrons. The summed E-state index contributed by atoms with van der Waals surface area (Å²) in [6.45, 7) is 11.7. The molecule has 0 amide bonds. The fraction of sp³-hybridized carbons (Fsp3) is 0.667. The van der Waals surface area contributed by atoms with Crippen molar-refractivity contribution in [2.45, 2.75) is 52.3 Å². The summed E-state index contributed by atoms with van der Waals surface area (Å²) in [5, 5.41) is 5.23. The highest BCUT2D eigenvalue weighted by atomic mass is 32.2. The largest absolute Gasteiger partial charge is 0.466 e. The summed E-state index contributed by atoms with van der Waals surface area (Å²) < 4.78 is 5.59. The molecule has 1 N–H and O–H groups in total. The molecule has 1 aromatic heterocycles. The van der Waals surface area contributed by atoms with Crippen molar-refractivity contribution in [1.29, 1.82) is 0 Å². The van der Waals surface area contributed by atoms with Gasteiger partial charge in [-0.05, 0) is 39.2 Å². The number of hydrogen-bond acceptors (Lipinski definition) is 4.